The summed E-state index contributed by atoms with van der Waals surface area (Å²) in [5, 5.41) is 3.98. The summed E-state index contributed by atoms with van der Waals surface area (Å²) in [6.07, 6.45) is 3.27. The summed E-state index contributed by atoms with van der Waals surface area (Å²) in [4.78, 5) is 22.8. The monoisotopic (exact) mass is 387 g/mol. The molecule has 1 amide bonds. The van der Waals surface area contributed by atoms with Crippen LogP contribution in [0.25, 0.3) is 0 Å². The van der Waals surface area contributed by atoms with Gasteiger partial charge < -0.3 is 16.0 Å². The Morgan fingerprint density at radius 2 is 2.19 bits per heavy atom. The number of carbonyl (C=O) groups excluding carboxylic acids is 1. The molecule has 1 aromatic heterocycles. The van der Waals surface area contributed by atoms with E-state index in [0.717, 1.165) is 55.1 Å². The molecule has 1 aromatic carbocycles. The maximum absolute atomic E-state index is 11.2. The minimum absolute atomic E-state index is 0.241. The van der Waals surface area contributed by atoms with Gasteiger partial charge in [0.05, 0.1) is 0 Å². The Labute approximate surface area is 165 Å². The van der Waals surface area contributed by atoms with Gasteiger partial charge in [-0.2, -0.15) is 4.98 Å². The number of aryl methyl sites for hydroxylation is 2. The number of nitrogens with one attached hydrogen (secondary N) is 1. The van der Waals surface area contributed by atoms with Gasteiger partial charge in [0.2, 0.25) is 11.9 Å². The van der Waals surface area contributed by atoms with Crippen molar-refractivity contribution in [3.63, 3.8) is 0 Å². The lowest BCUT2D eigenvalue weighted by Gasteiger charge is -2.19. The van der Waals surface area contributed by atoms with E-state index in [-0.39, 0.29) is 5.91 Å². The normalized spacial score (nSPS) is 16.6. The Morgan fingerprint density at radius 3 is 2.89 bits per heavy atom. The van der Waals surface area contributed by atoms with Gasteiger partial charge in [0, 0.05) is 42.0 Å². The number of amides is 1. The smallest absolute Gasteiger partial charge is 0.229 e. The summed E-state index contributed by atoms with van der Waals surface area (Å²) >= 11 is 6.23. The molecule has 27 heavy (non-hydrogen) atoms. The minimum atomic E-state index is -0.241. The minimum Gasteiger partial charge on any atom is -0.370 e. The number of hydrogen-bond donors (Lipinski definition) is 2. The van der Waals surface area contributed by atoms with Crippen LogP contribution in [-0.2, 0) is 11.2 Å². The van der Waals surface area contributed by atoms with Gasteiger partial charge in [-0.25, -0.2) is 4.98 Å². The molecule has 0 saturated carbocycles. The van der Waals surface area contributed by atoms with E-state index in [0.29, 0.717) is 23.3 Å². The summed E-state index contributed by atoms with van der Waals surface area (Å²) < 4.78 is 0. The van der Waals surface area contributed by atoms with Crippen LogP contribution in [-0.4, -0.2) is 29.0 Å². The highest BCUT2D eigenvalue weighted by Crippen LogP contribution is 2.27. The molecule has 0 bridgehead atoms. The van der Waals surface area contributed by atoms with Crippen molar-refractivity contribution in [2.45, 2.75) is 39.5 Å². The molecule has 0 radical (unpaired) electrons. The Balaban J connectivity index is 1.82. The molecule has 6 nitrogen and oxygen atoms in total. The highest BCUT2D eigenvalue weighted by molar-refractivity contribution is 6.31. The molecule has 1 aliphatic rings. The van der Waals surface area contributed by atoms with Crippen LogP contribution in [0.5, 0.6) is 0 Å². The second-order valence-electron chi connectivity index (χ2n) is 7.15. The van der Waals surface area contributed by atoms with Crippen LogP contribution in [0.15, 0.2) is 24.3 Å². The van der Waals surface area contributed by atoms with Crippen molar-refractivity contribution in [2.24, 2.45) is 11.7 Å². The van der Waals surface area contributed by atoms with Gasteiger partial charge in [-0.15, -0.1) is 0 Å². The van der Waals surface area contributed by atoms with E-state index in [2.05, 4.69) is 22.1 Å². The molecule has 0 spiro atoms. The van der Waals surface area contributed by atoms with Gasteiger partial charge >= 0.3 is 0 Å². The largest absolute Gasteiger partial charge is 0.370 e. The lowest BCUT2D eigenvalue weighted by molar-refractivity contribution is -0.118. The SMILES string of the molecule is CCCc1cc(N2CCC(CC(N)=O)C2)nc(Nc2ccc(C)c(Cl)c2)n1. The van der Waals surface area contributed by atoms with E-state index in [1.54, 1.807) is 0 Å². The van der Waals surface area contributed by atoms with Crippen LogP contribution in [0.1, 0.15) is 37.4 Å². The van der Waals surface area contributed by atoms with Crippen LogP contribution in [0.2, 0.25) is 5.02 Å². The molecule has 0 aliphatic carbocycles. The zero-order valence-corrected chi connectivity index (χ0v) is 16.6. The van der Waals surface area contributed by atoms with E-state index in [9.17, 15) is 4.79 Å². The van der Waals surface area contributed by atoms with E-state index in [4.69, 9.17) is 22.3 Å². The fourth-order valence-corrected chi connectivity index (χ4v) is 3.56. The maximum atomic E-state index is 11.2. The highest BCUT2D eigenvalue weighted by atomic mass is 35.5. The van der Waals surface area contributed by atoms with Gasteiger partial charge in [0.25, 0.3) is 0 Å². The van der Waals surface area contributed by atoms with Crippen LogP contribution < -0.4 is 16.0 Å². The Morgan fingerprint density at radius 1 is 1.37 bits per heavy atom. The number of halogens is 1. The number of carbonyl (C=O) groups is 1. The third-order valence-electron chi connectivity index (χ3n) is 4.80. The number of nitrogens with two attached hydrogens (primary N) is 1. The molecule has 1 aliphatic heterocycles. The van der Waals surface area contributed by atoms with Crippen LogP contribution in [0, 0.1) is 12.8 Å². The third-order valence-corrected chi connectivity index (χ3v) is 5.21. The zero-order chi connectivity index (χ0) is 19.4. The van der Waals surface area contributed by atoms with Gasteiger partial charge in [-0.1, -0.05) is 31.0 Å². The summed E-state index contributed by atoms with van der Waals surface area (Å²) in [5.41, 5.74) is 8.24. The molecule has 2 heterocycles. The van der Waals surface area contributed by atoms with E-state index in [1.165, 1.54) is 0 Å². The first-order valence-corrected chi connectivity index (χ1v) is 9.76. The first-order valence-electron chi connectivity index (χ1n) is 9.39. The Hall–Kier alpha value is -2.34. The summed E-state index contributed by atoms with van der Waals surface area (Å²) in [6, 6.07) is 7.86. The number of benzene rings is 1. The van der Waals surface area contributed by atoms with Crippen molar-refractivity contribution >= 4 is 35.0 Å². The number of primary amides is 1. The molecular formula is C20H26ClN5O. The molecule has 1 fully saturated rings. The fraction of sp³-hybridized carbons (Fsp3) is 0.450. The summed E-state index contributed by atoms with van der Waals surface area (Å²) in [5.74, 6) is 1.50. The second-order valence-corrected chi connectivity index (χ2v) is 7.56. The van der Waals surface area contributed by atoms with Gasteiger partial charge in [0.1, 0.15) is 5.82 Å². The molecular weight excluding hydrogens is 362 g/mol. The van der Waals surface area contributed by atoms with Crippen molar-refractivity contribution in [1.29, 1.82) is 0 Å². The Kier molecular flexibility index (Phi) is 6.16. The molecule has 1 atom stereocenters. The average molecular weight is 388 g/mol. The highest BCUT2D eigenvalue weighted by Gasteiger charge is 2.25. The van der Waals surface area contributed by atoms with Crippen molar-refractivity contribution in [2.75, 3.05) is 23.3 Å². The van der Waals surface area contributed by atoms with Crippen LogP contribution in [0.4, 0.5) is 17.5 Å². The van der Waals surface area contributed by atoms with Gasteiger partial charge in [-0.05, 0) is 43.4 Å². The first-order chi connectivity index (χ1) is 12.9. The number of anilines is 3. The summed E-state index contributed by atoms with van der Waals surface area (Å²) in [6.45, 7) is 5.77. The fourth-order valence-electron chi connectivity index (χ4n) is 3.38. The average Bonchev–Trinajstić information content (AvgIpc) is 3.06. The molecule has 3 rings (SSSR count). The zero-order valence-electron chi connectivity index (χ0n) is 15.8. The standard InChI is InChI=1S/C20H26ClN5O/c1-3-4-15-11-19(26-8-7-14(12-26)9-18(22)27)25-20(23-15)24-16-6-5-13(2)17(21)10-16/h5-6,10-11,14H,3-4,7-9,12H2,1-2H3,(H2,22,27)(H,23,24,25). The lowest BCUT2D eigenvalue weighted by atomic mass is 10.1. The molecule has 7 heteroatoms. The quantitative estimate of drug-likeness (QED) is 0.754. The molecule has 3 N–H and O–H groups in total. The van der Waals surface area contributed by atoms with Crippen LogP contribution in [0.3, 0.4) is 0 Å². The van der Waals surface area contributed by atoms with E-state index >= 15 is 0 Å². The van der Waals surface area contributed by atoms with Gasteiger partial charge in [0.15, 0.2) is 0 Å². The number of nitrogens with zero attached hydrogens (tertiary/aromatic N) is 3. The van der Waals surface area contributed by atoms with Crippen molar-refractivity contribution < 1.29 is 4.79 Å². The molecule has 1 saturated heterocycles. The molecule has 2 aromatic rings. The van der Waals surface area contributed by atoms with Crippen LogP contribution >= 0.6 is 11.6 Å². The number of hydrogen-bond acceptors (Lipinski definition) is 5. The van der Waals surface area contributed by atoms with Crippen molar-refractivity contribution in [3.05, 3.63) is 40.5 Å². The Bertz CT molecular complexity index is 826. The van der Waals surface area contributed by atoms with Gasteiger partial charge in [-0.3, -0.25) is 4.79 Å². The third kappa shape index (κ3) is 5.10. The van der Waals surface area contributed by atoms with Crippen molar-refractivity contribution in [3.8, 4) is 0 Å². The van der Waals surface area contributed by atoms with E-state index in [1.807, 2.05) is 31.2 Å². The second kappa shape index (κ2) is 8.57. The van der Waals surface area contributed by atoms with Crippen molar-refractivity contribution in [1.82, 2.24) is 9.97 Å². The molecule has 144 valence electrons. The topological polar surface area (TPSA) is 84.1 Å². The number of rotatable bonds is 7. The maximum Gasteiger partial charge on any atom is 0.229 e. The predicted octanol–water partition coefficient (Wildman–Crippen LogP) is 3.84. The lowest BCUT2D eigenvalue weighted by Crippen LogP contribution is -2.23. The first kappa shape index (κ1) is 19.4. The summed E-state index contributed by atoms with van der Waals surface area (Å²) in [7, 11) is 0. The van der Waals surface area contributed by atoms with E-state index < -0.39 is 0 Å². The number of aromatic nitrogens is 2. The molecule has 1 unspecified atom stereocenters. The predicted molar refractivity (Wildman–Crippen MR) is 110 cm³/mol.